The number of ether oxygens (including phenoxy) is 1. The molecular formula is C19H16N2O2S. The van der Waals surface area contributed by atoms with E-state index in [1.54, 1.807) is 18.4 Å². The molecule has 0 spiro atoms. The molecule has 24 heavy (non-hydrogen) atoms. The van der Waals surface area contributed by atoms with Crippen molar-refractivity contribution in [2.45, 2.75) is 6.61 Å². The summed E-state index contributed by atoms with van der Waals surface area (Å²) in [7, 11) is 1.64. The fourth-order valence-corrected chi connectivity index (χ4v) is 3.79. The van der Waals surface area contributed by atoms with Crippen LogP contribution in [0, 0.1) is 0 Å². The van der Waals surface area contributed by atoms with E-state index in [-0.39, 0.29) is 6.61 Å². The third kappa shape index (κ3) is 2.48. The molecule has 0 radical (unpaired) electrons. The largest absolute Gasteiger partial charge is 0.497 e. The second kappa shape index (κ2) is 6.11. The highest BCUT2D eigenvalue weighted by Gasteiger charge is 2.16. The van der Waals surface area contributed by atoms with Crippen molar-refractivity contribution >= 4 is 16.3 Å². The predicted octanol–water partition coefficient (Wildman–Crippen LogP) is 4.23. The minimum absolute atomic E-state index is 0.0708. The predicted molar refractivity (Wildman–Crippen MR) is 96.4 cm³/mol. The molecule has 0 aliphatic carbocycles. The molecule has 0 saturated heterocycles. The standard InChI is InChI=1S/C19H16N2O2S/c1-23-15-9-5-8-14(10-15)18-16(12-22)21-11-17(24-19(21)20-18)13-6-3-2-4-7-13/h2-11,22H,12H2,1H3. The smallest absolute Gasteiger partial charge is 0.195 e. The van der Waals surface area contributed by atoms with Gasteiger partial charge in [0.25, 0.3) is 0 Å². The number of thiazole rings is 1. The lowest BCUT2D eigenvalue weighted by Gasteiger charge is -2.04. The lowest BCUT2D eigenvalue weighted by molar-refractivity contribution is 0.276. The highest BCUT2D eigenvalue weighted by atomic mass is 32.1. The molecule has 0 fully saturated rings. The van der Waals surface area contributed by atoms with Crippen LogP contribution in [0.3, 0.4) is 0 Å². The summed E-state index contributed by atoms with van der Waals surface area (Å²) in [6, 6.07) is 17.9. The molecule has 0 atom stereocenters. The number of methoxy groups -OCH3 is 1. The second-order valence-corrected chi connectivity index (χ2v) is 6.42. The topological polar surface area (TPSA) is 46.8 Å². The maximum Gasteiger partial charge on any atom is 0.195 e. The van der Waals surface area contributed by atoms with Gasteiger partial charge < -0.3 is 9.84 Å². The van der Waals surface area contributed by atoms with Gasteiger partial charge >= 0.3 is 0 Å². The van der Waals surface area contributed by atoms with Crippen molar-refractivity contribution in [3.8, 4) is 27.4 Å². The van der Waals surface area contributed by atoms with Gasteiger partial charge in [-0.05, 0) is 17.7 Å². The van der Waals surface area contributed by atoms with E-state index in [1.807, 2.05) is 53.1 Å². The molecule has 0 bridgehead atoms. The van der Waals surface area contributed by atoms with E-state index in [4.69, 9.17) is 9.72 Å². The maximum atomic E-state index is 9.89. The number of aromatic nitrogens is 2. The van der Waals surface area contributed by atoms with Crippen LogP contribution < -0.4 is 4.74 Å². The van der Waals surface area contributed by atoms with Crippen LogP contribution in [0.15, 0.2) is 60.8 Å². The van der Waals surface area contributed by atoms with Crippen LogP contribution in [0.1, 0.15) is 5.69 Å². The summed E-state index contributed by atoms with van der Waals surface area (Å²) in [6.07, 6.45) is 2.04. The fourth-order valence-electron chi connectivity index (χ4n) is 2.78. The number of hydrogen-bond acceptors (Lipinski definition) is 4. The Balaban J connectivity index is 1.85. The molecule has 2 aromatic carbocycles. The molecule has 4 aromatic rings. The van der Waals surface area contributed by atoms with Crippen LogP contribution in [-0.2, 0) is 6.61 Å². The number of fused-ring (bicyclic) bond motifs is 1. The lowest BCUT2D eigenvalue weighted by atomic mass is 10.1. The molecule has 0 aliphatic rings. The fraction of sp³-hybridized carbons (Fsp3) is 0.105. The van der Waals surface area contributed by atoms with Crippen LogP contribution in [0.5, 0.6) is 5.75 Å². The Bertz CT molecular complexity index is 989. The summed E-state index contributed by atoms with van der Waals surface area (Å²) >= 11 is 1.61. The lowest BCUT2D eigenvalue weighted by Crippen LogP contribution is -1.93. The van der Waals surface area contributed by atoms with Gasteiger partial charge in [-0.3, -0.25) is 4.40 Å². The number of aliphatic hydroxyl groups excluding tert-OH is 1. The summed E-state index contributed by atoms with van der Waals surface area (Å²) in [5.74, 6) is 0.776. The van der Waals surface area contributed by atoms with Crippen molar-refractivity contribution in [3.63, 3.8) is 0 Å². The summed E-state index contributed by atoms with van der Waals surface area (Å²) in [5.41, 5.74) is 3.68. The number of imidazole rings is 1. The zero-order chi connectivity index (χ0) is 16.5. The number of hydrogen-bond donors (Lipinski definition) is 1. The van der Waals surface area contributed by atoms with E-state index in [0.29, 0.717) is 0 Å². The molecule has 2 heterocycles. The Labute approximate surface area is 143 Å². The minimum Gasteiger partial charge on any atom is -0.497 e. The van der Waals surface area contributed by atoms with Gasteiger partial charge in [-0.25, -0.2) is 4.98 Å². The molecule has 1 N–H and O–H groups in total. The highest BCUT2D eigenvalue weighted by molar-refractivity contribution is 7.20. The zero-order valence-corrected chi connectivity index (χ0v) is 14.0. The van der Waals surface area contributed by atoms with Gasteiger partial charge in [-0.1, -0.05) is 53.8 Å². The highest BCUT2D eigenvalue weighted by Crippen LogP contribution is 2.34. The van der Waals surface area contributed by atoms with Crippen LogP contribution in [0.4, 0.5) is 0 Å². The second-order valence-electron chi connectivity index (χ2n) is 5.41. The van der Waals surface area contributed by atoms with Crippen molar-refractivity contribution < 1.29 is 9.84 Å². The van der Waals surface area contributed by atoms with E-state index in [2.05, 4.69) is 12.1 Å². The van der Waals surface area contributed by atoms with E-state index >= 15 is 0 Å². The van der Waals surface area contributed by atoms with E-state index < -0.39 is 0 Å². The molecule has 0 amide bonds. The molecule has 5 heteroatoms. The summed E-state index contributed by atoms with van der Waals surface area (Å²) < 4.78 is 7.26. The van der Waals surface area contributed by atoms with Crippen molar-refractivity contribution in [1.82, 2.24) is 9.38 Å². The van der Waals surface area contributed by atoms with Gasteiger partial charge in [-0.2, -0.15) is 0 Å². The van der Waals surface area contributed by atoms with Gasteiger partial charge in [0.15, 0.2) is 4.96 Å². The number of benzene rings is 2. The van der Waals surface area contributed by atoms with E-state index in [9.17, 15) is 5.11 Å². The van der Waals surface area contributed by atoms with E-state index in [0.717, 1.165) is 38.1 Å². The average Bonchev–Trinajstić information content (AvgIpc) is 3.20. The molecular weight excluding hydrogens is 320 g/mol. The molecule has 0 saturated carbocycles. The van der Waals surface area contributed by atoms with E-state index in [1.165, 1.54) is 0 Å². The van der Waals surface area contributed by atoms with Crippen LogP contribution in [-0.4, -0.2) is 21.6 Å². The Morgan fingerprint density at radius 3 is 2.62 bits per heavy atom. The summed E-state index contributed by atoms with van der Waals surface area (Å²) in [6.45, 7) is -0.0708. The Hall–Kier alpha value is -2.63. The quantitative estimate of drug-likeness (QED) is 0.606. The normalized spacial score (nSPS) is 11.1. The third-order valence-electron chi connectivity index (χ3n) is 3.98. The summed E-state index contributed by atoms with van der Waals surface area (Å²) in [5, 5.41) is 9.89. The first-order valence-electron chi connectivity index (χ1n) is 7.61. The number of rotatable bonds is 4. The van der Waals surface area contributed by atoms with Crippen LogP contribution in [0.2, 0.25) is 0 Å². The number of nitrogens with zero attached hydrogens (tertiary/aromatic N) is 2. The monoisotopic (exact) mass is 336 g/mol. The third-order valence-corrected chi connectivity index (χ3v) is 5.01. The molecule has 4 rings (SSSR count). The van der Waals surface area contributed by atoms with Gasteiger partial charge in [0.05, 0.1) is 30.0 Å². The van der Waals surface area contributed by atoms with Crippen molar-refractivity contribution in [1.29, 1.82) is 0 Å². The van der Waals surface area contributed by atoms with Crippen molar-refractivity contribution in [3.05, 3.63) is 66.5 Å². The zero-order valence-electron chi connectivity index (χ0n) is 13.1. The van der Waals surface area contributed by atoms with Gasteiger partial charge in [0.2, 0.25) is 0 Å². The molecule has 2 aromatic heterocycles. The minimum atomic E-state index is -0.0708. The Kier molecular flexibility index (Phi) is 3.80. The first-order chi connectivity index (χ1) is 11.8. The summed E-state index contributed by atoms with van der Waals surface area (Å²) in [4.78, 5) is 6.74. The van der Waals surface area contributed by atoms with Crippen molar-refractivity contribution in [2.24, 2.45) is 0 Å². The molecule has 4 nitrogen and oxygen atoms in total. The van der Waals surface area contributed by atoms with Crippen LogP contribution in [0.25, 0.3) is 26.7 Å². The Morgan fingerprint density at radius 1 is 1.08 bits per heavy atom. The molecule has 120 valence electrons. The first kappa shape index (κ1) is 14.9. The molecule has 0 aliphatic heterocycles. The first-order valence-corrected chi connectivity index (χ1v) is 8.43. The SMILES string of the molecule is COc1cccc(-c2nc3sc(-c4ccccc4)cn3c2CO)c1. The van der Waals surface area contributed by atoms with Crippen LogP contribution >= 0.6 is 11.3 Å². The average molecular weight is 336 g/mol. The van der Waals surface area contributed by atoms with Gasteiger partial charge in [-0.15, -0.1) is 0 Å². The number of aliphatic hydroxyl groups is 1. The maximum absolute atomic E-state index is 9.89. The van der Waals surface area contributed by atoms with Gasteiger partial charge in [0.1, 0.15) is 5.75 Å². The Morgan fingerprint density at radius 2 is 1.88 bits per heavy atom. The van der Waals surface area contributed by atoms with Crippen molar-refractivity contribution in [2.75, 3.05) is 7.11 Å². The van der Waals surface area contributed by atoms with Gasteiger partial charge in [0, 0.05) is 11.8 Å². The molecule has 0 unspecified atom stereocenters.